The van der Waals surface area contributed by atoms with E-state index in [2.05, 4.69) is 10.6 Å². The van der Waals surface area contributed by atoms with Gasteiger partial charge in [-0.2, -0.15) is 13.2 Å². The van der Waals surface area contributed by atoms with Crippen molar-refractivity contribution in [2.24, 2.45) is 0 Å². The first-order valence-corrected chi connectivity index (χ1v) is 15.0. The fourth-order valence-corrected chi connectivity index (χ4v) is 6.76. The summed E-state index contributed by atoms with van der Waals surface area (Å²) in [5, 5.41) is 5.97. The average Bonchev–Trinajstić information content (AvgIpc) is 2.93. The van der Waals surface area contributed by atoms with Gasteiger partial charge in [-0.25, -0.2) is 8.42 Å². The number of carbonyl (C=O) groups excluding carboxylic acids is 2. The third-order valence-electron chi connectivity index (χ3n) is 7.03. The fraction of sp³-hybridized carbons (Fsp3) is 0.286. The van der Waals surface area contributed by atoms with Crippen molar-refractivity contribution in [1.82, 2.24) is 4.90 Å². The van der Waals surface area contributed by atoms with Crippen molar-refractivity contribution in [2.45, 2.75) is 18.0 Å². The molecule has 0 radical (unpaired) electrons. The first-order valence-electron chi connectivity index (χ1n) is 12.8. The van der Waals surface area contributed by atoms with Gasteiger partial charge in [0.2, 0.25) is 5.91 Å². The number of anilines is 3. The number of benzene rings is 3. The number of piperazine rings is 1. The van der Waals surface area contributed by atoms with Gasteiger partial charge in [0.25, 0.3) is 5.91 Å². The van der Waals surface area contributed by atoms with Crippen LogP contribution < -0.4 is 15.5 Å². The van der Waals surface area contributed by atoms with Gasteiger partial charge in [-0.3, -0.25) is 9.59 Å². The molecule has 2 N–H and O–H groups in total. The maximum Gasteiger partial charge on any atom is 0.416 e. The maximum absolute atomic E-state index is 13.2. The Morgan fingerprint density at radius 3 is 2.39 bits per heavy atom. The zero-order valence-electron chi connectivity index (χ0n) is 21.6. The summed E-state index contributed by atoms with van der Waals surface area (Å²) >= 11 is 6.09. The quantitative estimate of drug-likeness (QED) is 0.423. The van der Waals surface area contributed by atoms with Gasteiger partial charge in [0.15, 0.2) is 9.84 Å². The third kappa shape index (κ3) is 6.59. The van der Waals surface area contributed by atoms with Crippen LogP contribution in [0.15, 0.2) is 66.7 Å². The highest BCUT2D eigenvalue weighted by Gasteiger charge is 2.33. The first-order chi connectivity index (χ1) is 19.4. The van der Waals surface area contributed by atoms with Crippen LogP contribution in [0.5, 0.6) is 0 Å². The van der Waals surface area contributed by atoms with Gasteiger partial charge in [0.1, 0.15) is 6.04 Å². The summed E-state index contributed by atoms with van der Waals surface area (Å²) in [4.78, 5) is 29.3. The van der Waals surface area contributed by atoms with E-state index in [1.165, 1.54) is 12.1 Å². The number of nitrogens with zero attached hydrogens (tertiary/aromatic N) is 2. The van der Waals surface area contributed by atoms with Crippen LogP contribution in [0, 0.1) is 0 Å². The topological polar surface area (TPSA) is 98.8 Å². The molecule has 3 aromatic carbocycles. The maximum atomic E-state index is 13.2. The van der Waals surface area contributed by atoms with Crippen molar-refractivity contribution in [3.8, 4) is 0 Å². The standard InChI is InChI=1S/C28H26ClF3N4O4S/c29-22-7-2-1-4-19(22)16-41(39,40)17-25-26(37)34-24-14-18(8-9-23(24)33-25)27(38)36-12-10-35(11-13-36)21-6-3-5-20(15-21)28(30,31)32/h1-9,14-15,25,33H,10-13,16-17H2,(H,34,37)/t25-/m1/s1. The van der Waals surface area contributed by atoms with Gasteiger partial charge in [0.05, 0.1) is 28.4 Å². The number of rotatable bonds is 6. The third-order valence-corrected chi connectivity index (χ3v) is 8.99. The van der Waals surface area contributed by atoms with E-state index in [0.29, 0.717) is 59.4 Å². The zero-order valence-corrected chi connectivity index (χ0v) is 23.2. The molecule has 0 unspecified atom stereocenters. The van der Waals surface area contributed by atoms with Gasteiger partial charge < -0.3 is 20.4 Å². The number of amides is 2. The summed E-state index contributed by atoms with van der Waals surface area (Å²) in [5.74, 6) is -1.57. The number of carbonyl (C=O) groups is 2. The van der Waals surface area contributed by atoms with Gasteiger partial charge in [0, 0.05) is 42.5 Å². The Hall–Kier alpha value is -3.77. The molecule has 0 aromatic heterocycles. The van der Waals surface area contributed by atoms with Crippen molar-refractivity contribution in [1.29, 1.82) is 0 Å². The number of alkyl halides is 3. The normalized spacial score (nSPS) is 17.5. The number of hydrogen-bond donors (Lipinski definition) is 2. The molecule has 1 atom stereocenters. The van der Waals surface area contributed by atoms with Crippen LogP contribution in [0.3, 0.4) is 0 Å². The van der Waals surface area contributed by atoms with Crippen molar-refractivity contribution in [3.63, 3.8) is 0 Å². The Morgan fingerprint density at radius 1 is 0.951 bits per heavy atom. The second-order valence-corrected chi connectivity index (χ2v) is 12.4. The van der Waals surface area contributed by atoms with Crippen molar-refractivity contribution >= 4 is 50.3 Å². The minimum Gasteiger partial charge on any atom is -0.371 e. The predicted molar refractivity (Wildman–Crippen MR) is 151 cm³/mol. The summed E-state index contributed by atoms with van der Waals surface area (Å²) in [6.07, 6.45) is -4.44. The monoisotopic (exact) mass is 606 g/mol. The van der Waals surface area contributed by atoms with Crippen LogP contribution in [0.1, 0.15) is 21.5 Å². The minimum absolute atomic E-state index is 0.282. The number of fused-ring (bicyclic) bond motifs is 1. The Bertz CT molecular complexity index is 1590. The molecule has 5 rings (SSSR count). The average molecular weight is 607 g/mol. The highest BCUT2D eigenvalue weighted by molar-refractivity contribution is 7.90. The van der Waals surface area contributed by atoms with Crippen LogP contribution in [0.25, 0.3) is 0 Å². The number of nitrogens with one attached hydrogen (secondary N) is 2. The van der Waals surface area contributed by atoms with Crippen LogP contribution in [-0.2, 0) is 26.6 Å². The van der Waals surface area contributed by atoms with E-state index in [-0.39, 0.29) is 11.7 Å². The second-order valence-electron chi connectivity index (χ2n) is 9.92. The molecule has 13 heteroatoms. The smallest absolute Gasteiger partial charge is 0.371 e. The molecule has 2 aliphatic heterocycles. The molecule has 0 spiro atoms. The molecule has 41 heavy (non-hydrogen) atoms. The van der Waals surface area contributed by atoms with E-state index in [4.69, 9.17) is 11.6 Å². The summed E-state index contributed by atoms with van der Waals surface area (Å²) < 4.78 is 64.8. The zero-order chi connectivity index (χ0) is 29.4. The summed E-state index contributed by atoms with van der Waals surface area (Å²) in [6.45, 7) is 1.34. The number of hydrogen-bond acceptors (Lipinski definition) is 6. The number of sulfone groups is 1. The lowest BCUT2D eigenvalue weighted by molar-refractivity contribution is -0.137. The summed E-state index contributed by atoms with van der Waals surface area (Å²) in [6, 6.07) is 15.4. The van der Waals surface area contributed by atoms with Gasteiger partial charge in [-0.15, -0.1) is 0 Å². The molecule has 216 valence electrons. The Morgan fingerprint density at radius 2 is 1.68 bits per heavy atom. The van der Waals surface area contributed by atoms with E-state index in [1.54, 1.807) is 52.3 Å². The molecule has 1 fully saturated rings. The SMILES string of the molecule is O=C1Nc2cc(C(=O)N3CCN(c4cccc(C(F)(F)F)c4)CC3)ccc2N[C@@H]1CS(=O)(=O)Cc1ccccc1Cl. The molecule has 0 aliphatic carbocycles. The lowest BCUT2D eigenvalue weighted by atomic mass is 10.1. The summed E-state index contributed by atoms with van der Waals surface area (Å²) in [5.41, 5.74) is 1.32. The van der Waals surface area contributed by atoms with Crippen LogP contribution in [0.4, 0.5) is 30.2 Å². The Balaban J connectivity index is 1.21. The number of halogens is 4. The Labute approximate surface area is 240 Å². The first kappa shape index (κ1) is 28.7. The molecular weight excluding hydrogens is 581 g/mol. The molecule has 2 amide bonds. The lowest BCUT2D eigenvalue weighted by Gasteiger charge is -2.36. The van der Waals surface area contributed by atoms with Crippen LogP contribution in [-0.4, -0.2) is 63.1 Å². The van der Waals surface area contributed by atoms with E-state index in [9.17, 15) is 31.2 Å². The van der Waals surface area contributed by atoms with Crippen molar-refractivity contribution in [2.75, 3.05) is 47.5 Å². The van der Waals surface area contributed by atoms with Crippen LogP contribution >= 0.6 is 11.6 Å². The molecule has 2 heterocycles. The van der Waals surface area contributed by atoms with E-state index in [0.717, 1.165) is 12.1 Å². The van der Waals surface area contributed by atoms with E-state index >= 15 is 0 Å². The lowest BCUT2D eigenvalue weighted by Crippen LogP contribution is -2.49. The molecule has 8 nitrogen and oxygen atoms in total. The molecule has 1 saturated heterocycles. The predicted octanol–water partition coefficient (Wildman–Crippen LogP) is 4.67. The van der Waals surface area contributed by atoms with E-state index in [1.807, 2.05) is 0 Å². The summed E-state index contributed by atoms with van der Waals surface area (Å²) in [7, 11) is -3.69. The highest BCUT2D eigenvalue weighted by Crippen LogP contribution is 2.33. The van der Waals surface area contributed by atoms with E-state index < -0.39 is 39.3 Å². The molecule has 3 aromatic rings. The second kappa shape index (κ2) is 11.2. The fourth-order valence-electron chi connectivity index (χ4n) is 4.89. The Kier molecular flexibility index (Phi) is 7.89. The molecule has 2 aliphatic rings. The minimum atomic E-state index is -4.44. The molecule has 0 saturated carbocycles. The highest BCUT2D eigenvalue weighted by atomic mass is 35.5. The van der Waals surface area contributed by atoms with Gasteiger partial charge >= 0.3 is 6.18 Å². The van der Waals surface area contributed by atoms with Gasteiger partial charge in [-0.1, -0.05) is 35.9 Å². The van der Waals surface area contributed by atoms with Crippen molar-refractivity contribution < 1.29 is 31.2 Å². The van der Waals surface area contributed by atoms with Crippen molar-refractivity contribution in [3.05, 3.63) is 88.4 Å². The largest absolute Gasteiger partial charge is 0.416 e. The van der Waals surface area contributed by atoms with Gasteiger partial charge in [-0.05, 0) is 48.0 Å². The molecular formula is C28H26ClF3N4O4S. The van der Waals surface area contributed by atoms with Crippen LogP contribution in [0.2, 0.25) is 5.02 Å². The molecule has 0 bridgehead atoms.